The smallest absolute Gasteiger partial charge is 0.112 e. The summed E-state index contributed by atoms with van der Waals surface area (Å²) in [5.74, 6) is 1.22. The van der Waals surface area contributed by atoms with Crippen molar-refractivity contribution in [3.63, 3.8) is 0 Å². The predicted molar refractivity (Wildman–Crippen MR) is 87.2 cm³/mol. The van der Waals surface area contributed by atoms with Crippen molar-refractivity contribution in [3.8, 4) is 0 Å². The average molecular weight is 299 g/mol. The van der Waals surface area contributed by atoms with E-state index in [0.717, 1.165) is 11.8 Å². The van der Waals surface area contributed by atoms with Gasteiger partial charge in [-0.05, 0) is 33.6 Å². The summed E-state index contributed by atoms with van der Waals surface area (Å²) in [6, 6.07) is 0. The zero-order valence-corrected chi connectivity index (χ0v) is 14.0. The fourth-order valence-corrected chi connectivity index (χ4v) is 4.60. The molecular formula is C15H26N2S2. The van der Waals surface area contributed by atoms with E-state index in [1.165, 1.54) is 47.7 Å². The normalized spacial score (nSPS) is 17.8. The lowest BCUT2D eigenvalue weighted by molar-refractivity contribution is 0.415. The van der Waals surface area contributed by atoms with E-state index in [0.29, 0.717) is 0 Å². The van der Waals surface area contributed by atoms with Crippen molar-refractivity contribution in [2.75, 3.05) is 12.3 Å². The van der Waals surface area contributed by atoms with Crippen LogP contribution in [-0.4, -0.2) is 22.5 Å². The van der Waals surface area contributed by atoms with Crippen LogP contribution in [0.2, 0.25) is 0 Å². The fourth-order valence-electron chi connectivity index (χ4n) is 2.54. The molecule has 1 aliphatic carbocycles. The van der Waals surface area contributed by atoms with Gasteiger partial charge in [-0.1, -0.05) is 19.3 Å². The summed E-state index contributed by atoms with van der Waals surface area (Å²) in [6.07, 6.45) is 9.16. The maximum absolute atomic E-state index is 4.51. The summed E-state index contributed by atoms with van der Waals surface area (Å²) in [5, 5.41) is 5.77. The highest BCUT2D eigenvalue weighted by molar-refractivity contribution is 7.99. The van der Waals surface area contributed by atoms with Crippen LogP contribution in [0.3, 0.4) is 0 Å². The standard InChI is InChI=1S/C15H26N2S2/c1-12-11-16-14(19-12)15(2,3)17-9-10-18-13-7-5-4-6-8-13/h11,13,17H,4-10H2,1-3H3. The van der Waals surface area contributed by atoms with Crippen LogP contribution in [0.1, 0.15) is 55.8 Å². The largest absolute Gasteiger partial charge is 0.305 e. The van der Waals surface area contributed by atoms with Crippen LogP contribution in [0.15, 0.2) is 6.20 Å². The molecular weight excluding hydrogens is 272 g/mol. The molecule has 0 aliphatic heterocycles. The van der Waals surface area contributed by atoms with Crippen molar-refractivity contribution < 1.29 is 0 Å². The van der Waals surface area contributed by atoms with Crippen molar-refractivity contribution in [3.05, 3.63) is 16.1 Å². The van der Waals surface area contributed by atoms with Crippen LogP contribution in [0.4, 0.5) is 0 Å². The summed E-state index contributed by atoms with van der Waals surface area (Å²) >= 11 is 3.96. The van der Waals surface area contributed by atoms with E-state index in [-0.39, 0.29) is 5.54 Å². The highest BCUT2D eigenvalue weighted by atomic mass is 32.2. The van der Waals surface area contributed by atoms with E-state index in [1.807, 2.05) is 6.20 Å². The molecule has 4 heteroatoms. The Morgan fingerprint density at radius 3 is 2.74 bits per heavy atom. The minimum Gasteiger partial charge on any atom is -0.305 e. The van der Waals surface area contributed by atoms with Gasteiger partial charge in [0, 0.05) is 28.6 Å². The van der Waals surface area contributed by atoms with Crippen molar-refractivity contribution in [2.45, 2.75) is 63.7 Å². The molecule has 0 radical (unpaired) electrons. The van der Waals surface area contributed by atoms with Gasteiger partial charge in [-0.3, -0.25) is 0 Å². The highest BCUT2D eigenvalue weighted by Gasteiger charge is 2.23. The molecule has 19 heavy (non-hydrogen) atoms. The second kappa shape index (κ2) is 7.09. The summed E-state index contributed by atoms with van der Waals surface area (Å²) < 4.78 is 0. The topological polar surface area (TPSA) is 24.9 Å². The fraction of sp³-hybridized carbons (Fsp3) is 0.800. The number of hydrogen-bond donors (Lipinski definition) is 1. The zero-order valence-electron chi connectivity index (χ0n) is 12.4. The van der Waals surface area contributed by atoms with Crippen LogP contribution in [-0.2, 0) is 5.54 Å². The summed E-state index contributed by atoms with van der Waals surface area (Å²) in [4.78, 5) is 5.80. The van der Waals surface area contributed by atoms with Crippen molar-refractivity contribution in [1.29, 1.82) is 0 Å². The maximum atomic E-state index is 4.51. The lowest BCUT2D eigenvalue weighted by atomic mass is 10.0. The number of nitrogens with one attached hydrogen (secondary N) is 1. The van der Waals surface area contributed by atoms with E-state index in [1.54, 1.807) is 11.3 Å². The van der Waals surface area contributed by atoms with E-state index < -0.39 is 0 Å². The molecule has 0 spiro atoms. The van der Waals surface area contributed by atoms with Gasteiger partial charge in [-0.15, -0.1) is 11.3 Å². The Labute approximate surface area is 125 Å². The van der Waals surface area contributed by atoms with E-state index in [4.69, 9.17) is 0 Å². The molecule has 1 fully saturated rings. The van der Waals surface area contributed by atoms with Gasteiger partial charge in [0.1, 0.15) is 5.01 Å². The number of aryl methyl sites for hydroxylation is 1. The first kappa shape index (κ1) is 15.3. The maximum Gasteiger partial charge on any atom is 0.112 e. The van der Waals surface area contributed by atoms with Gasteiger partial charge in [-0.25, -0.2) is 4.98 Å². The molecule has 0 bridgehead atoms. The molecule has 0 unspecified atom stereocenters. The van der Waals surface area contributed by atoms with E-state index >= 15 is 0 Å². The Bertz CT molecular complexity index is 381. The Balaban J connectivity index is 1.69. The lowest BCUT2D eigenvalue weighted by Crippen LogP contribution is -2.38. The minimum atomic E-state index is 0.00600. The average Bonchev–Trinajstić information content (AvgIpc) is 2.84. The molecule has 1 heterocycles. The number of nitrogens with zero attached hydrogens (tertiary/aromatic N) is 1. The van der Waals surface area contributed by atoms with Crippen molar-refractivity contribution in [1.82, 2.24) is 10.3 Å². The van der Waals surface area contributed by atoms with Crippen LogP contribution in [0, 0.1) is 6.92 Å². The van der Waals surface area contributed by atoms with Gasteiger partial charge < -0.3 is 5.32 Å². The predicted octanol–water partition coefficient (Wildman–Crippen LogP) is 4.34. The van der Waals surface area contributed by atoms with Crippen LogP contribution in [0.5, 0.6) is 0 Å². The highest BCUT2D eigenvalue weighted by Crippen LogP contribution is 2.28. The molecule has 108 valence electrons. The number of aromatic nitrogens is 1. The quantitative estimate of drug-likeness (QED) is 0.791. The molecule has 0 atom stereocenters. The van der Waals surface area contributed by atoms with Crippen LogP contribution in [0.25, 0.3) is 0 Å². The molecule has 1 aromatic rings. The first-order valence-electron chi connectivity index (χ1n) is 7.37. The van der Waals surface area contributed by atoms with E-state index in [2.05, 4.69) is 42.8 Å². The number of rotatable bonds is 6. The summed E-state index contributed by atoms with van der Waals surface area (Å²) in [7, 11) is 0. The van der Waals surface area contributed by atoms with Crippen molar-refractivity contribution in [2.24, 2.45) is 0 Å². The molecule has 0 amide bonds. The van der Waals surface area contributed by atoms with Crippen LogP contribution < -0.4 is 5.32 Å². The van der Waals surface area contributed by atoms with Gasteiger partial charge in [0.05, 0.1) is 5.54 Å². The van der Waals surface area contributed by atoms with Gasteiger partial charge >= 0.3 is 0 Å². The van der Waals surface area contributed by atoms with Gasteiger partial charge in [0.2, 0.25) is 0 Å². The molecule has 0 saturated heterocycles. The SMILES string of the molecule is Cc1cnc(C(C)(C)NCCSC2CCCCC2)s1. The third-order valence-electron chi connectivity index (χ3n) is 3.73. The van der Waals surface area contributed by atoms with E-state index in [9.17, 15) is 0 Å². The third-order valence-corrected chi connectivity index (χ3v) is 6.35. The summed E-state index contributed by atoms with van der Waals surface area (Å²) in [5.41, 5.74) is 0.00600. The Kier molecular flexibility index (Phi) is 5.72. The number of thioether (sulfide) groups is 1. The molecule has 1 aromatic heterocycles. The molecule has 2 rings (SSSR count). The minimum absolute atomic E-state index is 0.00600. The van der Waals surface area contributed by atoms with Crippen molar-refractivity contribution >= 4 is 23.1 Å². The zero-order chi connectivity index (χ0) is 13.7. The third kappa shape index (κ3) is 4.76. The van der Waals surface area contributed by atoms with Crippen LogP contribution >= 0.6 is 23.1 Å². The van der Waals surface area contributed by atoms with Gasteiger partial charge in [-0.2, -0.15) is 11.8 Å². The molecule has 1 aliphatic rings. The summed E-state index contributed by atoms with van der Waals surface area (Å²) in [6.45, 7) is 7.66. The van der Waals surface area contributed by atoms with Gasteiger partial charge in [0.25, 0.3) is 0 Å². The lowest BCUT2D eigenvalue weighted by Gasteiger charge is -2.25. The number of hydrogen-bond acceptors (Lipinski definition) is 4. The molecule has 2 nitrogen and oxygen atoms in total. The molecule has 1 saturated carbocycles. The second-order valence-electron chi connectivity index (χ2n) is 5.96. The molecule has 0 aromatic carbocycles. The van der Waals surface area contributed by atoms with Gasteiger partial charge in [0.15, 0.2) is 0 Å². The monoisotopic (exact) mass is 298 g/mol. The second-order valence-corrected chi connectivity index (χ2v) is 8.60. The Morgan fingerprint density at radius 1 is 1.37 bits per heavy atom. The first-order chi connectivity index (χ1) is 9.08. The Hall–Kier alpha value is -0.0600. The first-order valence-corrected chi connectivity index (χ1v) is 9.24. The Morgan fingerprint density at radius 2 is 2.11 bits per heavy atom. The number of thiazole rings is 1. The molecule has 1 N–H and O–H groups in total.